The Morgan fingerprint density at radius 2 is 2.17 bits per heavy atom. The first kappa shape index (κ1) is 13.0. The minimum absolute atomic E-state index is 0.224. The molecule has 0 aliphatic heterocycles. The Bertz CT molecular complexity index is 512. The predicted octanol–water partition coefficient (Wildman–Crippen LogP) is 2.68. The number of hydrogen-bond acceptors (Lipinski definition) is 5. The number of benzene rings is 1. The molecule has 0 aliphatic carbocycles. The van der Waals surface area contributed by atoms with Crippen LogP contribution in [0.3, 0.4) is 0 Å². The largest absolute Gasteiger partial charge is 0.493 e. The lowest BCUT2D eigenvalue weighted by Gasteiger charge is -2.15. The molecule has 0 aliphatic rings. The Kier molecular flexibility index (Phi) is 4.28. The Morgan fingerprint density at radius 1 is 1.39 bits per heavy atom. The fourth-order valence-corrected chi connectivity index (χ4v) is 2.41. The van der Waals surface area contributed by atoms with E-state index in [-0.39, 0.29) is 6.04 Å². The SMILES string of the molecule is CCCOc1ccccc1C(N)c1snnc1C. The molecule has 96 valence electrons. The van der Waals surface area contributed by atoms with Crippen LogP contribution in [0.1, 0.15) is 35.5 Å². The van der Waals surface area contributed by atoms with Gasteiger partial charge in [0.25, 0.3) is 0 Å². The number of ether oxygens (including phenoxy) is 1. The van der Waals surface area contributed by atoms with Crippen LogP contribution in [0, 0.1) is 6.92 Å². The van der Waals surface area contributed by atoms with Crippen molar-refractivity contribution in [3.05, 3.63) is 40.4 Å². The number of para-hydroxylation sites is 1. The van der Waals surface area contributed by atoms with Crippen molar-refractivity contribution in [3.8, 4) is 5.75 Å². The molecule has 0 amide bonds. The van der Waals surface area contributed by atoms with Gasteiger partial charge in [0.1, 0.15) is 5.75 Å². The molecule has 1 atom stereocenters. The Labute approximate surface area is 111 Å². The summed E-state index contributed by atoms with van der Waals surface area (Å²) in [7, 11) is 0. The topological polar surface area (TPSA) is 61.0 Å². The van der Waals surface area contributed by atoms with Gasteiger partial charge in [-0.2, -0.15) is 0 Å². The molecule has 4 nitrogen and oxygen atoms in total. The molecule has 2 aromatic rings. The fourth-order valence-electron chi connectivity index (χ4n) is 1.74. The second-order valence-corrected chi connectivity index (χ2v) is 4.87. The highest BCUT2D eigenvalue weighted by molar-refractivity contribution is 7.05. The van der Waals surface area contributed by atoms with E-state index >= 15 is 0 Å². The molecular weight excluding hydrogens is 246 g/mol. The van der Waals surface area contributed by atoms with E-state index < -0.39 is 0 Å². The molecule has 1 heterocycles. The van der Waals surface area contributed by atoms with Crippen LogP contribution in [0.2, 0.25) is 0 Å². The fraction of sp³-hybridized carbons (Fsp3) is 0.385. The second kappa shape index (κ2) is 5.93. The maximum Gasteiger partial charge on any atom is 0.124 e. The lowest BCUT2D eigenvalue weighted by atomic mass is 10.0. The van der Waals surface area contributed by atoms with Gasteiger partial charge in [-0.3, -0.25) is 0 Å². The highest BCUT2D eigenvalue weighted by atomic mass is 32.1. The van der Waals surface area contributed by atoms with Gasteiger partial charge >= 0.3 is 0 Å². The number of hydrogen-bond donors (Lipinski definition) is 1. The van der Waals surface area contributed by atoms with Crippen LogP contribution < -0.4 is 10.5 Å². The van der Waals surface area contributed by atoms with Gasteiger partial charge in [0.15, 0.2) is 0 Å². The number of aromatic nitrogens is 2. The molecular formula is C13H17N3OS. The van der Waals surface area contributed by atoms with Crippen molar-refractivity contribution in [1.82, 2.24) is 9.59 Å². The number of rotatable bonds is 5. The number of nitrogens with two attached hydrogens (primary N) is 1. The zero-order valence-corrected chi connectivity index (χ0v) is 11.4. The van der Waals surface area contributed by atoms with Gasteiger partial charge < -0.3 is 10.5 Å². The maximum absolute atomic E-state index is 6.28. The molecule has 2 N–H and O–H groups in total. The molecule has 5 heteroatoms. The van der Waals surface area contributed by atoms with Gasteiger partial charge in [0, 0.05) is 5.56 Å². The summed E-state index contributed by atoms with van der Waals surface area (Å²) in [6, 6.07) is 7.65. The third-order valence-electron chi connectivity index (χ3n) is 2.68. The van der Waals surface area contributed by atoms with Crippen molar-refractivity contribution in [2.24, 2.45) is 5.73 Å². The molecule has 0 fully saturated rings. The van der Waals surface area contributed by atoms with E-state index in [0.29, 0.717) is 6.61 Å². The standard InChI is InChI=1S/C13H17N3OS/c1-3-8-17-11-7-5-4-6-10(11)12(14)13-9(2)15-16-18-13/h4-7,12H,3,8,14H2,1-2H3. The molecule has 18 heavy (non-hydrogen) atoms. The molecule has 0 bridgehead atoms. The molecule has 1 aromatic heterocycles. The first-order valence-electron chi connectivity index (χ1n) is 6.00. The summed E-state index contributed by atoms with van der Waals surface area (Å²) >= 11 is 1.34. The van der Waals surface area contributed by atoms with Crippen LogP contribution in [-0.2, 0) is 0 Å². The lowest BCUT2D eigenvalue weighted by molar-refractivity contribution is 0.313. The Balaban J connectivity index is 2.30. The van der Waals surface area contributed by atoms with E-state index in [9.17, 15) is 0 Å². The molecule has 0 saturated heterocycles. The minimum atomic E-state index is -0.224. The number of nitrogens with zero attached hydrogens (tertiary/aromatic N) is 2. The van der Waals surface area contributed by atoms with Crippen molar-refractivity contribution in [3.63, 3.8) is 0 Å². The zero-order chi connectivity index (χ0) is 13.0. The lowest BCUT2D eigenvalue weighted by Crippen LogP contribution is -2.13. The summed E-state index contributed by atoms with van der Waals surface area (Å²) < 4.78 is 9.66. The summed E-state index contributed by atoms with van der Waals surface area (Å²) in [4.78, 5) is 0.988. The van der Waals surface area contributed by atoms with Crippen molar-refractivity contribution in [1.29, 1.82) is 0 Å². The average molecular weight is 263 g/mol. The molecule has 0 saturated carbocycles. The quantitative estimate of drug-likeness (QED) is 0.901. The van der Waals surface area contributed by atoms with Crippen molar-refractivity contribution in [2.45, 2.75) is 26.3 Å². The Morgan fingerprint density at radius 3 is 2.83 bits per heavy atom. The van der Waals surface area contributed by atoms with Crippen molar-refractivity contribution in [2.75, 3.05) is 6.61 Å². The van der Waals surface area contributed by atoms with E-state index in [1.54, 1.807) is 0 Å². The summed E-state index contributed by atoms with van der Waals surface area (Å²) in [6.07, 6.45) is 0.977. The number of aryl methyl sites for hydroxylation is 1. The van der Waals surface area contributed by atoms with Gasteiger partial charge in [0.05, 0.1) is 23.2 Å². The molecule has 0 spiro atoms. The minimum Gasteiger partial charge on any atom is -0.493 e. The molecule has 1 aromatic carbocycles. The normalized spacial score (nSPS) is 12.4. The first-order valence-corrected chi connectivity index (χ1v) is 6.77. The average Bonchev–Trinajstić information content (AvgIpc) is 2.82. The van der Waals surface area contributed by atoms with Gasteiger partial charge in [-0.05, 0) is 30.9 Å². The van der Waals surface area contributed by atoms with Crippen LogP contribution in [0.25, 0.3) is 0 Å². The van der Waals surface area contributed by atoms with Gasteiger partial charge in [0.2, 0.25) is 0 Å². The third-order valence-corrected chi connectivity index (χ3v) is 3.59. The molecule has 1 unspecified atom stereocenters. The van der Waals surface area contributed by atoms with Crippen molar-refractivity contribution >= 4 is 11.5 Å². The van der Waals surface area contributed by atoms with Gasteiger partial charge in [-0.15, -0.1) is 5.10 Å². The Hall–Kier alpha value is -1.46. The van der Waals surface area contributed by atoms with E-state index in [1.807, 2.05) is 31.2 Å². The van der Waals surface area contributed by atoms with Crippen molar-refractivity contribution < 1.29 is 4.74 Å². The van der Waals surface area contributed by atoms with Crippen LogP contribution in [0.4, 0.5) is 0 Å². The van der Waals surface area contributed by atoms with Crippen LogP contribution >= 0.6 is 11.5 Å². The van der Waals surface area contributed by atoms with Crippen LogP contribution in [0.5, 0.6) is 5.75 Å². The highest BCUT2D eigenvalue weighted by Crippen LogP contribution is 2.30. The van der Waals surface area contributed by atoms with E-state index in [0.717, 1.165) is 28.3 Å². The summed E-state index contributed by atoms with van der Waals surface area (Å²) in [5.41, 5.74) is 8.16. The van der Waals surface area contributed by atoms with Crippen LogP contribution in [0.15, 0.2) is 24.3 Å². The predicted molar refractivity (Wildman–Crippen MR) is 72.9 cm³/mol. The van der Waals surface area contributed by atoms with E-state index in [2.05, 4.69) is 16.5 Å². The smallest absolute Gasteiger partial charge is 0.124 e. The first-order chi connectivity index (χ1) is 8.74. The van der Waals surface area contributed by atoms with E-state index in [1.165, 1.54) is 11.5 Å². The third kappa shape index (κ3) is 2.68. The summed E-state index contributed by atoms with van der Waals surface area (Å²) in [5, 5.41) is 4.00. The van der Waals surface area contributed by atoms with Gasteiger partial charge in [-0.1, -0.05) is 29.6 Å². The zero-order valence-electron chi connectivity index (χ0n) is 10.6. The summed E-state index contributed by atoms with van der Waals surface area (Å²) in [5.74, 6) is 0.847. The van der Waals surface area contributed by atoms with Gasteiger partial charge in [-0.25, -0.2) is 0 Å². The summed E-state index contributed by atoms with van der Waals surface area (Å²) in [6.45, 7) is 4.71. The second-order valence-electron chi connectivity index (χ2n) is 4.09. The van der Waals surface area contributed by atoms with E-state index in [4.69, 9.17) is 10.5 Å². The highest BCUT2D eigenvalue weighted by Gasteiger charge is 2.18. The molecule has 0 radical (unpaired) electrons. The molecule has 2 rings (SSSR count). The maximum atomic E-state index is 6.28. The van der Waals surface area contributed by atoms with Crippen LogP contribution in [-0.4, -0.2) is 16.2 Å². The monoisotopic (exact) mass is 263 g/mol.